The lowest BCUT2D eigenvalue weighted by Gasteiger charge is -2.12. The van der Waals surface area contributed by atoms with Crippen LogP contribution in [0.5, 0.6) is 0 Å². The van der Waals surface area contributed by atoms with Gasteiger partial charge >= 0.3 is 6.18 Å². The standard InChI is InChI=1S/C16H11Cl2F3N2O2S2/c17-11-5-2-6-12(14(11)18)22-15-23-27(24,25)13(26-15)8-9-3-1-4-10(7-9)16(19,20)21/h1-7,13H,8H2,(H,22,23)/t13-/m1/s1. The fourth-order valence-electron chi connectivity index (χ4n) is 2.36. The van der Waals surface area contributed by atoms with E-state index in [1.165, 1.54) is 12.1 Å². The monoisotopic (exact) mass is 454 g/mol. The number of nitrogens with one attached hydrogen (secondary N) is 1. The molecule has 1 aliphatic rings. The lowest BCUT2D eigenvalue weighted by molar-refractivity contribution is -0.137. The third kappa shape index (κ3) is 4.71. The summed E-state index contributed by atoms with van der Waals surface area (Å²) in [5.74, 6) is 0. The SMILES string of the molecule is O=S1(=O)N=C(Nc2cccc(Cl)c2Cl)S[C@H]1Cc1cccc(C(F)(F)F)c1. The van der Waals surface area contributed by atoms with Crippen LogP contribution >= 0.6 is 35.0 Å². The molecule has 2 aromatic rings. The third-order valence-electron chi connectivity index (χ3n) is 3.64. The van der Waals surface area contributed by atoms with Crippen LogP contribution in [0, 0.1) is 0 Å². The number of alkyl halides is 3. The Morgan fingerprint density at radius 2 is 1.85 bits per heavy atom. The van der Waals surface area contributed by atoms with E-state index < -0.39 is 26.3 Å². The molecule has 0 radical (unpaired) electrons. The van der Waals surface area contributed by atoms with Gasteiger partial charge in [-0.2, -0.15) is 13.2 Å². The van der Waals surface area contributed by atoms with Gasteiger partial charge in [-0.15, -0.1) is 4.40 Å². The highest BCUT2D eigenvalue weighted by atomic mass is 35.5. The number of hydrogen-bond donors (Lipinski definition) is 1. The molecule has 0 spiro atoms. The maximum atomic E-state index is 12.8. The molecule has 0 bridgehead atoms. The molecule has 4 nitrogen and oxygen atoms in total. The van der Waals surface area contributed by atoms with Crippen molar-refractivity contribution in [2.75, 3.05) is 5.32 Å². The second kappa shape index (κ2) is 7.54. The van der Waals surface area contributed by atoms with Crippen LogP contribution in [0.3, 0.4) is 0 Å². The molecule has 0 saturated carbocycles. The molecule has 0 saturated heterocycles. The Labute approximate surface area is 167 Å². The summed E-state index contributed by atoms with van der Waals surface area (Å²) in [6.45, 7) is 0. The molecule has 1 aliphatic heterocycles. The Hall–Kier alpha value is -1.42. The van der Waals surface area contributed by atoms with E-state index in [-0.39, 0.29) is 27.2 Å². The minimum atomic E-state index is -4.50. The Balaban J connectivity index is 1.77. The van der Waals surface area contributed by atoms with Crippen LogP contribution in [0.4, 0.5) is 18.9 Å². The highest BCUT2D eigenvalue weighted by Crippen LogP contribution is 2.36. The predicted octanol–water partition coefficient (Wildman–Crippen LogP) is 5.43. The highest BCUT2D eigenvalue weighted by molar-refractivity contribution is 8.25. The van der Waals surface area contributed by atoms with Crippen molar-refractivity contribution >= 4 is 55.8 Å². The molecule has 0 fully saturated rings. The Kier molecular flexibility index (Phi) is 5.67. The summed E-state index contributed by atoms with van der Waals surface area (Å²) in [5.41, 5.74) is -0.196. The molecule has 0 aromatic heterocycles. The van der Waals surface area contributed by atoms with Crippen molar-refractivity contribution < 1.29 is 21.6 Å². The van der Waals surface area contributed by atoms with Crippen molar-refractivity contribution in [1.82, 2.24) is 0 Å². The number of anilines is 1. The van der Waals surface area contributed by atoms with Gasteiger partial charge in [-0.05, 0) is 23.8 Å². The molecule has 1 atom stereocenters. The first-order valence-corrected chi connectivity index (χ1v) is 10.6. The molecule has 0 amide bonds. The summed E-state index contributed by atoms with van der Waals surface area (Å²) in [7, 11) is -3.89. The van der Waals surface area contributed by atoms with Crippen LogP contribution < -0.4 is 5.32 Å². The van der Waals surface area contributed by atoms with Crippen LogP contribution in [-0.2, 0) is 22.6 Å². The Bertz CT molecular complexity index is 1010. The number of sulfonamides is 1. The second-order valence-electron chi connectivity index (χ2n) is 5.59. The van der Waals surface area contributed by atoms with Gasteiger partial charge in [0, 0.05) is 6.42 Å². The molecule has 0 aliphatic carbocycles. The first kappa shape index (κ1) is 20.3. The second-order valence-corrected chi connectivity index (χ2v) is 9.64. The number of rotatable bonds is 3. The molecular formula is C16H11Cl2F3N2O2S2. The Morgan fingerprint density at radius 1 is 1.15 bits per heavy atom. The summed E-state index contributed by atoms with van der Waals surface area (Å²) in [5, 5.41) is 3.37. The molecule has 1 N–H and O–H groups in total. The molecular weight excluding hydrogens is 444 g/mol. The molecule has 0 unspecified atom stereocenters. The van der Waals surface area contributed by atoms with Crippen molar-refractivity contribution in [2.45, 2.75) is 17.2 Å². The van der Waals surface area contributed by atoms with Gasteiger partial charge in [-0.25, -0.2) is 8.42 Å². The van der Waals surface area contributed by atoms with E-state index in [1.54, 1.807) is 18.2 Å². The average Bonchev–Trinajstić information content (AvgIpc) is 2.85. The topological polar surface area (TPSA) is 58.5 Å². The van der Waals surface area contributed by atoms with E-state index in [1.807, 2.05) is 0 Å². The number of halogens is 5. The van der Waals surface area contributed by atoms with Gasteiger partial charge in [-0.3, -0.25) is 0 Å². The minimum absolute atomic E-state index is 0.0798. The highest BCUT2D eigenvalue weighted by Gasteiger charge is 2.36. The van der Waals surface area contributed by atoms with Crippen LogP contribution in [0.15, 0.2) is 46.9 Å². The Morgan fingerprint density at radius 3 is 2.56 bits per heavy atom. The molecule has 1 heterocycles. The summed E-state index contributed by atoms with van der Waals surface area (Å²) in [6, 6.07) is 9.38. The van der Waals surface area contributed by atoms with Gasteiger partial charge in [0.15, 0.2) is 5.17 Å². The molecule has 3 rings (SSSR count). The van der Waals surface area contributed by atoms with Gasteiger partial charge in [0.1, 0.15) is 4.58 Å². The maximum absolute atomic E-state index is 12.8. The lowest BCUT2D eigenvalue weighted by atomic mass is 10.1. The van der Waals surface area contributed by atoms with Crippen molar-refractivity contribution in [1.29, 1.82) is 0 Å². The van der Waals surface area contributed by atoms with Crippen molar-refractivity contribution in [2.24, 2.45) is 4.40 Å². The largest absolute Gasteiger partial charge is 0.416 e. The zero-order valence-electron chi connectivity index (χ0n) is 13.3. The van der Waals surface area contributed by atoms with Gasteiger partial charge in [-0.1, -0.05) is 59.2 Å². The smallest absolute Gasteiger partial charge is 0.333 e. The normalized spacial score (nSPS) is 19.0. The molecule has 144 valence electrons. The summed E-state index contributed by atoms with van der Waals surface area (Å²) in [4.78, 5) is 0. The quantitative estimate of drug-likeness (QED) is 0.671. The summed E-state index contributed by atoms with van der Waals surface area (Å²) in [6.07, 6.45) is -4.61. The van der Waals surface area contributed by atoms with Crippen molar-refractivity contribution in [3.8, 4) is 0 Å². The molecule has 11 heteroatoms. The van der Waals surface area contributed by atoms with E-state index in [4.69, 9.17) is 23.2 Å². The number of hydrogen-bond acceptors (Lipinski definition) is 4. The minimum Gasteiger partial charge on any atom is -0.333 e. The lowest BCUT2D eigenvalue weighted by Crippen LogP contribution is -2.15. The fraction of sp³-hybridized carbons (Fsp3) is 0.188. The number of amidine groups is 1. The summed E-state index contributed by atoms with van der Waals surface area (Å²) < 4.78 is 65.6. The molecule has 2 aromatic carbocycles. The maximum Gasteiger partial charge on any atom is 0.416 e. The number of benzene rings is 2. The summed E-state index contributed by atoms with van der Waals surface area (Å²) >= 11 is 12.9. The zero-order chi connectivity index (χ0) is 19.8. The number of thioether (sulfide) groups is 1. The van der Waals surface area contributed by atoms with E-state index in [2.05, 4.69) is 9.71 Å². The van der Waals surface area contributed by atoms with Crippen LogP contribution in [-0.4, -0.2) is 18.2 Å². The average molecular weight is 455 g/mol. The van der Waals surface area contributed by atoms with E-state index in [9.17, 15) is 21.6 Å². The van der Waals surface area contributed by atoms with Crippen LogP contribution in [0.25, 0.3) is 0 Å². The number of nitrogens with zero attached hydrogens (tertiary/aromatic N) is 1. The van der Waals surface area contributed by atoms with Gasteiger partial charge in [0.25, 0.3) is 10.0 Å². The van der Waals surface area contributed by atoms with Gasteiger partial charge in [0.2, 0.25) is 0 Å². The first-order valence-electron chi connectivity index (χ1n) is 7.44. The van der Waals surface area contributed by atoms with E-state index in [0.29, 0.717) is 5.69 Å². The molecule has 27 heavy (non-hydrogen) atoms. The predicted molar refractivity (Wildman–Crippen MR) is 103 cm³/mol. The van der Waals surface area contributed by atoms with Crippen LogP contribution in [0.2, 0.25) is 10.0 Å². The van der Waals surface area contributed by atoms with Crippen molar-refractivity contribution in [3.05, 3.63) is 63.6 Å². The van der Waals surface area contributed by atoms with Gasteiger partial charge < -0.3 is 5.32 Å². The first-order chi connectivity index (χ1) is 12.6. The van der Waals surface area contributed by atoms with Gasteiger partial charge in [0.05, 0.1) is 21.3 Å². The van der Waals surface area contributed by atoms with E-state index in [0.717, 1.165) is 23.9 Å². The zero-order valence-corrected chi connectivity index (χ0v) is 16.4. The van der Waals surface area contributed by atoms with E-state index >= 15 is 0 Å². The third-order valence-corrected chi connectivity index (χ3v) is 7.70. The fourth-order valence-corrected chi connectivity index (χ4v) is 5.57. The van der Waals surface area contributed by atoms with Crippen LogP contribution in [0.1, 0.15) is 11.1 Å². The van der Waals surface area contributed by atoms with Crippen molar-refractivity contribution in [3.63, 3.8) is 0 Å².